The minimum Gasteiger partial charge on any atom is -0.480 e. The number of rotatable bonds is 3. The van der Waals surface area contributed by atoms with Gasteiger partial charge >= 0.3 is 0 Å². The Kier molecular flexibility index (Phi) is 3.99. The van der Waals surface area contributed by atoms with E-state index in [0.717, 1.165) is 50.6 Å². The van der Waals surface area contributed by atoms with E-state index in [1.54, 1.807) is 7.11 Å². The summed E-state index contributed by atoms with van der Waals surface area (Å²) in [5.74, 6) is 1.61. The van der Waals surface area contributed by atoms with Crippen LogP contribution in [0.4, 0.5) is 0 Å². The Hall–Kier alpha value is -1.62. The number of aliphatic hydroxyl groups excluding tert-OH is 1. The SMILES string of the molecule is COc1nc2c(cc1C(=O)N(C)C1C[C@H]3CC(O)C[C@H]3C1)CCC2. The van der Waals surface area contributed by atoms with Crippen LogP contribution < -0.4 is 4.74 Å². The predicted molar refractivity (Wildman–Crippen MR) is 90.2 cm³/mol. The van der Waals surface area contributed by atoms with Crippen molar-refractivity contribution in [3.63, 3.8) is 0 Å². The zero-order valence-electron chi connectivity index (χ0n) is 14.5. The molecule has 1 heterocycles. The quantitative estimate of drug-likeness (QED) is 0.923. The smallest absolute Gasteiger partial charge is 0.259 e. The summed E-state index contributed by atoms with van der Waals surface area (Å²) in [5, 5.41) is 9.80. The molecule has 5 heteroatoms. The van der Waals surface area contributed by atoms with E-state index in [-0.39, 0.29) is 18.1 Å². The van der Waals surface area contributed by atoms with Crippen molar-refractivity contribution in [2.45, 2.75) is 57.1 Å². The number of carbonyl (C=O) groups is 1. The summed E-state index contributed by atoms with van der Waals surface area (Å²) < 4.78 is 5.40. The van der Waals surface area contributed by atoms with Crippen molar-refractivity contribution >= 4 is 5.91 Å². The molecule has 3 aliphatic carbocycles. The van der Waals surface area contributed by atoms with Gasteiger partial charge in [-0.05, 0) is 68.4 Å². The molecule has 1 aromatic heterocycles. The molecule has 4 rings (SSSR count). The minimum atomic E-state index is -0.136. The van der Waals surface area contributed by atoms with Gasteiger partial charge in [-0.2, -0.15) is 0 Å². The Balaban J connectivity index is 1.54. The van der Waals surface area contributed by atoms with Gasteiger partial charge in [-0.1, -0.05) is 0 Å². The summed E-state index contributed by atoms with van der Waals surface area (Å²) in [4.78, 5) is 19.5. The average Bonchev–Trinajstić information content (AvgIpc) is 3.25. The van der Waals surface area contributed by atoms with Crippen LogP contribution in [0, 0.1) is 11.8 Å². The van der Waals surface area contributed by atoms with Gasteiger partial charge in [-0.25, -0.2) is 4.98 Å². The van der Waals surface area contributed by atoms with Gasteiger partial charge in [-0.3, -0.25) is 4.79 Å². The van der Waals surface area contributed by atoms with Gasteiger partial charge < -0.3 is 14.7 Å². The number of hydrogen-bond acceptors (Lipinski definition) is 4. The second kappa shape index (κ2) is 6.03. The molecule has 1 N–H and O–H groups in total. The lowest BCUT2D eigenvalue weighted by Crippen LogP contribution is -2.36. The first-order valence-electron chi connectivity index (χ1n) is 9.08. The summed E-state index contributed by atoms with van der Waals surface area (Å²) in [6.07, 6.45) is 6.75. The fraction of sp³-hybridized carbons (Fsp3) is 0.684. The van der Waals surface area contributed by atoms with Crippen LogP contribution in [0.25, 0.3) is 0 Å². The third-order valence-corrected chi connectivity index (χ3v) is 6.27. The van der Waals surface area contributed by atoms with Gasteiger partial charge in [-0.15, -0.1) is 0 Å². The van der Waals surface area contributed by atoms with Crippen molar-refractivity contribution in [2.24, 2.45) is 11.8 Å². The zero-order valence-corrected chi connectivity index (χ0v) is 14.5. The highest BCUT2D eigenvalue weighted by atomic mass is 16.5. The van der Waals surface area contributed by atoms with Crippen LogP contribution in [0.15, 0.2) is 6.07 Å². The van der Waals surface area contributed by atoms with E-state index in [2.05, 4.69) is 4.98 Å². The third-order valence-electron chi connectivity index (χ3n) is 6.27. The number of hydrogen-bond donors (Lipinski definition) is 1. The Morgan fingerprint density at radius 1 is 1.25 bits per heavy atom. The molecule has 3 aliphatic rings. The molecule has 2 saturated carbocycles. The second-order valence-corrected chi connectivity index (χ2v) is 7.69. The molecule has 0 aromatic carbocycles. The fourth-order valence-electron chi connectivity index (χ4n) is 4.99. The second-order valence-electron chi connectivity index (χ2n) is 7.69. The molecule has 5 nitrogen and oxygen atoms in total. The van der Waals surface area contributed by atoms with Gasteiger partial charge in [0.1, 0.15) is 5.56 Å². The Morgan fingerprint density at radius 2 is 1.96 bits per heavy atom. The van der Waals surface area contributed by atoms with Gasteiger partial charge in [0.25, 0.3) is 5.91 Å². The minimum absolute atomic E-state index is 0.0135. The van der Waals surface area contributed by atoms with Crippen LogP contribution in [-0.4, -0.2) is 47.2 Å². The number of aryl methyl sites for hydroxylation is 2. The Morgan fingerprint density at radius 3 is 2.62 bits per heavy atom. The van der Waals surface area contributed by atoms with E-state index in [0.29, 0.717) is 23.3 Å². The van der Waals surface area contributed by atoms with Crippen LogP contribution in [0.2, 0.25) is 0 Å². The molecule has 1 aromatic rings. The number of pyridine rings is 1. The number of carbonyl (C=O) groups excluding carboxylic acids is 1. The molecule has 2 fully saturated rings. The number of amides is 1. The van der Waals surface area contributed by atoms with Crippen LogP contribution in [0.5, 0.6) is 5.88 Å². The highest BCUT2D eigenvalue weighted by molar-refractivity contribution is 5.96. The Bertz CT molecular complexity index is 646. The summed E-state index contributed by atoms with van der Waals surface area (Å²) in [6, 6.07) is 2.25. The highest BCUT2D eigenvalue weighted by Gasteiger charge is 2.43. The maximum Gasteiger partial charge on any atom is 0.259 e. The molecule has 2 unspecified atom stereocenters. The maximum atomic E-state index is 13.1. The first-order valence-corrected chi connectivity index (χ1v) is 9.08. The van der Waals surface area contributed by atoms with E-state index in [1.807, 2.05) is 18.0 Å². The van der Waals surface area contributed by atoms with Gasteiger partial charge in [0.2, 0.25) is 5.88 Å². The van der Waals surface area contributed by atoms with Crippen LogP contribution in [0.3, 0.4) is 0 Å². The zero-order chi connectivity index (χ0) is 16.8. The van der Waals surface area contributed by atoms with Crippen molar-refractivity contribution < 1.29 is 14.6 Å². The Labute approximate surface area is 143 Å². The molecule has 0 aliphatic heterocycles. The normalized spacial score (nSPS) is 31.0. The topological polar surface area (TPSA) is 62.7 Å². The lowest BCUT2D eigenvalue weighted by molar-refractivity contribution is 0.0718. The van der Waals surface area contributed by atoms with Crippen molar-refractivity contribution in [3.05, 3.63) is 22.9 Å². The van der Waals surface area contributed by atoms with Crippen LogP contribution in [0.1, 0.15) is 53.7 Å². The summed E-state index contributed by atoms with van der Waals surface area (Å²) in [6.45, 7) is 0. The summed E-state index contributed by atoms with van der Waals surface area (Å²) >= 11 is 0. The molecule has 4 atom stereocenters. The standard InChI is InChI=1S/C19H26N2O3/c1-21(14-6-12-8-15(22)9-13(12)7-14)19(23)16-10-11-4-3-5-17(11)20-18(16)24-2/h10,12-15,22H,3-9H2,1-2H3/t12-,13+,14?,15?. The summed E-state index contributed by atoms with van der Waals surface area (Å²) in [7, 11) is 3.49. The predicted octanol–water partition coefficient (Wildman–Crippen LogP) is 2.20. The van der Waals surface area contributed by atoms with E-state index >= 15 is 0 Å². The maximum absolute atomic E-state index is 13.1. The number of methoxy groups -OCH3 is 1. The fourth-order valence-corrected chi connectivity index (χ4v) is 4.99. The average molecular weight is 330 g/mol. The largest absolute Gasteiger partial charge is 0.480 e. The number of nitrogens with zero attached hydrogens (tertiary/aromatic N) is 2. The molecular formula is C19H26N2O3. The van der Waals surface area contributed by atoms with Crippen molar-refractivity contribution in [1.29, 1.82) is 0 Å². The monoisotopic (exact) mass is 330 g/mol. The molecule has 0 radical (unpaired) electrons. The van der Waals surface area contributed by atoms with E-state index in [9.17, 15) is 9.90 Å². The third kappa shape index (κ3) is 2.59. The first kappa shape index (κ1) is 15.9. The van der Waals surface area contributed by atoms with Gasteiger partial charge in [0, 0.05) is 18.8 Å². The molecular weight excluding hydrogens is 304 g/mol. The number of ether oxygens (including phenoxy) is 1. The molecule has 0 saturated heterocycles. The molecule has 1 amide bonds. The van der Waals surface area contributed by atoms with Crippen LogP contribution >= 0.6 is 0 Å². The number of fused-ring (bicyclic) bond motifs is 2. The lowest BCUT2D eigenvalue weighted by atomic mass is 10.0. The van der Waals surface area contributed by atoms with Gasteiger partial charge in [0.15, 0.2) is 0 Å². The van der Waals surface area contributed by atoms with Crippen molar-refractivity contribution in [2.75, 3.05) is 14.2 Å². The van der Waals surface area contributed by atoms with Crippen molar-refractivity contribution in [3.8, 4) is 5.88 Å². The number of aliphatic hydroxyl groups is 1. The summed E-state index contributed by atoms with van der Waals surface area (Å²) in [5.41, 5.74) is 2.87. The van der Waals surface area contributed by atoms with Crippen molar-refractivity contribution in [1.82, 2.24) is 9.88 Å². The highest BCUT2D eigenvalue weighted by Crippen LogP contribution is 2.45. The molecule has 0 bridgehead atoms. The van der Waals surface area contributed by atoms with E-state index < -0.39 is 0 Å². The molecule has 130 valence electrons. The van der Waals surface area contributed by atoms with E-state index in [4.69, 9.17) is 4.74 Å². The van der Waals surface area contributed by atoms with Gasteiger partial charge in [0.05, 0.1) is 13.2 Å². The number of aromatic nitrogens is 1. The molecule has 0 spiro atoms. The first-order chi connectivity index (χ1) is 11.6. The van der Waals surface area contributed by atoms with Crippen LogP contribution in [-0.2, 0) is 12.8 Å². The molecule has 24 heavy (non-hydrogen) atoms. The van der Waals surface area contributed by atoms with E-state index in [1.165, 1.54) is 5.56 Å². The lowest BCUT2D eigenvalue weighted by Gasteiger charge is -2.26.